The lowest BCUT2D eigenvalue weighted by Crippen LogP contribution is -2.20. The predicted molar refractivity (Wildman–Crippen MR) is 89.5 cm³/mol. The SMILES string of the molecule is CCn1c(O)c(C#N)c(C)c(N=Nc2ccc(C)c([N+](=O)[O-])c2)c1=O. The molecule has 25 heavy (non-hydrogen) atoms. The zero-order valence-electron chi connectivity index (χ0n) is 13.8. The summed E-state index contributed by atoms with van der Waals surface area (Å²) in [6, 6.07) is 6.14. The van der Waals surface area contributed by atoms with Gasteiger partial charge in [0.15, 0.2) is 5.69 Å². The molecule has 1 aromatic carbocycles. The van der Waals surface area contributed by atoms with Crippen molar-refractivity contribution in [2.45, 2.75) is 27.3 Å². The van der Waals surface area contributed by atoms with Gasteiger partial charge >= 0.3 is 0 Å². The van der Waals surface area contributed by atoms with E-state index >= 15 is 0 Å². The second-order valence-corrected chi connectivity index (χ2v) is 5.26. The molecule has 2 aromatic rings. The summed E-state index contributed by atoms with van der Waals surface area (Å²) in [5.74, 6) is -0.419. The number of nitro groups is 1. The maximum absolute atomic E-state index is 12.4. The summed E-state index contributed by atoms with van der Waals surface area (Å²) in [7, 11) is 0. The average molecular weight is 341 g/mol. The Kier molecular flexibility index (Phi) is 4.93. The Labute approximate surface area is 142 Å². The van der Waals surface area contributed by atoms with E-state index in [1.165, 1.54) is 25.1 Å². The van der Waals surface area contributed by atoms with E-state index < -0.39 is 16.4 Å². The van der Waals surface area contributed by atoms with Gasteiger partial charge in [-0.05, 0) is 26.8 Å². The van der Waals surface area contributed by atoms with Gasteiger partial charge in [-0.2, -0.15) is 10.4 Å². The molecule has 9 nitrogen and oxygen atoms in total. The maximum Gasteiger partial charge on any atom is 0.281 e. The van der Waals surface area contributed by atoms with Crippen molar-refractivity contribution < 1.29 is 10.0 Å². The van der Waals surface area contributed by atoms with Crippen LogP contribution in [-0.2, 0) is 6.54 Å². The van der Waals surface area contributed by atoms with E-state index in [9.17, 15) is 25.3 Å². The van der Waals surface area contributed by atoms with Crippen LogP contribution in [-0.4, -0.2) is 14.6 Å². The number of nitro benzene ring substituents is 1. The van der Waals surface area contributed by atoms with Gasteiger partial charge < -0.3 is 5.11 Å². The molecule has 0 atom stereocenters. The highest BCUT2D eigenvalue weighted by Gasteiger charge is 2.18. The monoisotopic (exact) mass is 341 g/mol. The quantitative estimate of drug-likeness (QED) is 0.517. The average Bonchev–Trinajstić information content (AvgIpc) is 2.56. The molecule has 128 valence electrons. The highest BCUT2D eigenvalue weighted by molar-refractivity contribution is 5.57. The van der Waals surface area contributed by atoms with Crippen molar-refractivity contribution in [1.29, 1.82) is 5.26 Å². The van der Waals surface area contributed by atoms with Crippen molar-refractivity contribution in [3.8, 4) is 11.9 Å². The molecule has 0 spiro atoms. The fraction of sp³-hybridized carbons (Fsp3) is 0.250. The van der Waals surface area contributed by atoms with Crippen molar-refractivity contribution in [2.24, 2.45) is 10.2 Å². The van der Waals surface area contributed by atoms with Crippen LogP contribution in [0.3, 0.4) is 0 Å². The van der Waals surface area contributed by atoms with Gasteiger partial charge in [-0.15, -0.1) is 5.11 Å². The normalized spacial score (nSPS) is 10.8. The number of pyridine rings is 1. The first-order chi connectivity index (χ1) is 11.8. The van der Waals surface area contributed by atoms with Gasteiger partial charge in [0.05, 0.1) is 10.6 Å². The minimum Gasteiger partial charge on any atom is -0.493 e. The molecule has 2 rings (SSSR count). The second-order valence-electron chi connectivity index (χ2n) is 5.26. The van der Waals surface area contributed by atoms with Gasteiger partial charge in [-0.1, -0.05) is 6.07 Å². The zero-order valence-corrected chi connectivity index (χ0v) is 13.8. The summed E-state index contributed by atoms with van der Waals surface area (Å²) < 4.78 is 1.01. The van der Waals surface area contributed by atoms with Crippen molar-refractivity contribution in [3.63, 3.8) is 0 Å². The molecule has 0 unspecified atom stereocenters. The number of hydrogen-bond donors (Lipinski definition) is 1. The van der Waals surface area contributed by atoms with Gasteiger partial charge in [-0.3, -0.25) is 19.5 Å². The molecule has 9 heteroatoms. The first-order valence-corrected chi connectivity index (χ1v) is 7.35. The Hall–Kier alpha value is -3.54. The van der Waals surface area contributed by atoms with Gasteiger partial charge in [0.2, 0.25) is 5.88 Å². The van der Waals surface area contributed by atoms with Crippen molar-refractivity contribution in [2.75, 3.05) is 0 Å². The standard InChI is InChI=1S/C16H15N5O4/c1-4-20-15(22)12(8-17)10(3)14(16(20)23)19-18-11-6-5-9(2)13(7-11)21(24)25/h5-7,22H,4H2,1-3H3. The van der Waals surface area contributed by atoms with Crippen LogP contribution < -0.4 is 5.56 Å². The molecule has 0 aliphatic carbocycles. The lowest BCUT2D eigenvalue weighted by atomic mass is 10.1. The lowest BCUT2D eigenvalue weighted by Gasteiger charge is -2.10. The first-order valence-electron chi connectivity index (χ1n) is 7.35. The van der Waals surface area contributed by atoms with Crippen LogP contribution in [0.15, 0.2) is 33.2 Å². The highest BCUT2D eigenvalue weighted by atomic mass is 16.6. The third-order valence-electron chi connectivity index (χ3n) is 3.74. The van der Waals surface area contributed by atoms with Crippen LogP contribution in [0.4, 0.5) is 17.1 Å². The molecule has 0 amide bonds. The van der Waals surface area contributed by atoms with Crippen LogP contribution >= 0.6 is 0 Å². The number of aromatic hydroxyl groups is 1. The van der Waals surface area contributed by atoms with Crippen LogP contribution in [0.1, 0.15) is 23.6 Å². The number of aryl methyl sites for hydroxylation is 1. The van der Waals surface area contributed by atoms with Gasteiger partial charge in [0.25, 0.3) is 11.2 Å². The highest BCUT2D eigenvalue weighted by Crippen LogP contribution is 2.28. The predicted octanol–water partition coefficient (Wildman–Crippen LogP) is 3.39. The molecule has 1 heterocycles. The number of benzene rings is 1. The minimum absolute atomic E-state index is 0.0645. The third kappa shape index (κ3) is 3.23. The van der Waals surface area contributed by atoms with Crippen molar-refractivity contribution >= 4 is 17.1 Å². The summed E-state index contributed by atoms with van der Waals surface area (Å²) in [5, 5.41) is 37.9. The molecule has 1 N–H and O–H groups in total. The summed E-state index contributed by atoms with van der Waals surface area (Å²) in [5.41, 5.74) is 0.00444. The van der Waals surface area contributed by atoms with Crippen LogP contribution in [0.5, 0.6) is 5.88 Å². The lowest BCUT2D eigenvalue weighted by molar-refractivity contribution is -0.385. The van der Waals surface area contributed by atoms with Crippen LogP contribution in [0.2, 0.25) is 0 Å². The molecular formula is C16H15N5O4. The smallest absolute Gasteiger partial charge is 0.281 e. The summed E-state index contributed by atoms with van der Waals surface area (Å²) in [6.45, 7) is 4.87. The number of nitrogens with zero attached hydrogens (tertiary/aromatic N) is 5. The Bertz CT molecular complexity index is 985. The second kappa shape index (κ2) is 6.92. The van der Waals surface area contributed by atoms with E-state index in [-0.39, 0.29) is 34.7 Å². The van der Waals surface area contributed by atoms with Crippen molar-refractivity contribution in [1.82, 2.24) is 4.57 Å². The Morgan fingerprint density at radius 2 is 2.04 bits per heavy atom. The molecule has 1 aromatic heterocycles. The molecule has 0 radical (unpaired) electrons. The largest absolute Gasteiger partial charge is 0.493 e. The van der Waals surface area contributed by atoms with E-state index in [1.807, 2.05) is 6.07 Å². The van der Waals surface area contributed by atoms with Gasteiger partial charge in [-0.25, -0.2) is 0 Å². The number of rotatable bonds is 4. The van der Waals surface area contributed by atoms with Crippen molar-refractivity contribution in [3.05, 3.63) is 55.4 Å². The number of azo groups is 1. The fourth-order valence-electron chi connectivity index (χ4n) is 2.31. The summed E-state index contributed by atoms with van der Waals surface area (Å²) in [4.78, 5) is 22.8. The van der Waals surface area contributed by atoms with Crippen LogP contribution in [0, 0.1) is 35.3 Å². The Morgan fingerprint density at radius 3 is 2.60 bits per heavy atom. The fourth-order valence-corrected chi connectivity index (χ4v) is 2.31. The van der Waals surface area contributed by atoms with Crippen LogP contribution in [0.25, 0.3) is 0 Å². The van der Waals surface area contributed by atoms with Gasteiger partial charge in [0.1, 0.15) is 11.6 Å². The number of aromatic nitrogens is 1. The molecule has 0 fully saturated rings. The third-order valence-corrected chi connectivity index (χ3v) is 3.74. The Balaban J connectivity index is 2.60. The maximum atomic E-state index is 12.4. The van der Waals surface area contributed by atoms with E-state index in [4.69, 9.17) is 0 Å². The van der Waals surface area contributed by atoms with E-state index in [1.54, 1.807) is 13.8 Å². The molecular weight excluding hydrogens is 326 g/mol. The summed E-state index contributed by atoms with van der Waals surface area (Å²) >= 11 is 0. The molecule has 0 saturated carbocycles. The number of hydrogen-bond acceptors (Lipinski definition) is 7. The molecule has 0 saturated heterocycles. The van der Waals surface area contributed by atoms with E-state index in [0.717, 1.165) is 4.57 Å². The minimum atomic E-state index is -0.595. The molecule has 0 aliphatic heterocycles. The summed E-state index contributed by atoms with van der Waals surface area (Å²) in [6.07, 6.45) is 0. The molecule has 0 aliphatic rings. The van der Waals surface area contributed by atoms with E-state index in [2.05, 4.69) is 10.2 Å². The Morgan fingerprint density at radius 1 is 1.36 bits per heavy atom. The molecule has 0 bridgehead atoms. The zero-order chi connectivity index (χ0) is 18.7. The van der Waals surface area contributed by atoms with E-state index in [0.29, 0.717) is 5.56 Å². The van der Waals surface area contributed by atoms with Gasteiger partial charge in [0, 0.05) is 23.7 Å². The topological polar surface area (TPSA) is 134 Å². The first kappa shape index (κ1) is 17.8. The number of nitriles is 1.